The van der Waals surface area contributed by atoms with E-state index in [4.69, 9.17) is 0 Å². The summed E-state index contributed by atoms with van der Waals surface area (Å²) in [4.78, 5) is 0. The molecule has 3 aromatic carbocycles. The minimum Gasteiger partial charge on any atom is -1.00 e. The van der Waals surface area contributed by atoms with Crippen molar-refractivity contribution in [2.45, 2.75) is 38.0 Å². The molecule has 164 valence electrons. The van der Waals surface area contributed by atoms with Gasteiger partial charge in [0.15, 0.2) is 0 Å². The van der Waals surface area contributed by atoms with Crippen LogP contribution >= 0.6 is 0 Å². The SMILES string of the molecule is CCCCC1=[C]([Ti+3])CC=C1C(c1ccccc1)(c1ccccc1)c1ccccc1.[Cl-].[Cl-].[Cl-]. The predicted molar refractivity (Wildman–Crippen MR) is 118 cm³/mol. The molecule has 0 bridgehead atoms. The molecule has 1 aliphatic carbocycles. The molecule has 0 heterocycles. The molecule has 4 rings (SSSR count). The second-order valence-electron chi connectivity index (χ2n) is 7.73. The van der Waals surface area contributed by atoms with E-state index in [0.29, 0.717) is 0 Å². The van der Waals surface area contributed by atoms with E-state index in [0.717, 1.165) is 12.8 Å². The Morgan fingerprint density at radius 1 is 0.688 bits per heavy atom. The van der Waals surface area contributed by atoms with Crippen molar-refractivity contribution in [2.75, 3.05) is 0 Å². The van der Waals surface area contributed by atoms with E-state index >= 15 is 0 Å². The Morgan fingerprint density at radius 2 is 1.09 bits per heavy atom. The van der Waals surface area contributed by atoms with Gasteiger partial charge in [-0.1, -0.05) is 0 Å². The Morgan fingerprint density at radius 3 is 1.47 bits per heavy atom. The molecule has 0 fully saturated rings. The Balaban J connectivity index is 0.00000171. The molecule has 0 amide bonds. The smallest absolute Gasteiger partial charge is 1.00 e. The Hall–Kier alpha value is -1.28. The third-order valence-electron chi connectivity index (χ3n) is 6.00. The molecule has 1 aliphatic rings. The molecule has 3 aromatic rings. The predicted octanol–water partition coefficient (Wildman–Crippen LogP) is -1.65. The molecule has 0 nitrogen and oxygen atoms in total. The van der Waals surface area contributed by atoms with Crippen LogP contribution in [0.5, 0.6) is 0 Å². The van der Waals surface area contributed by atoms with Crippen molar-refractivity contribution in [3.8, 4) is 0 Å². The summed E-state index contributed by atoms with van der Waals surface area (Å²) >= 11 is 2.32. The maximum absolute atomic E-state index is 2.49. The first-order valence-corrected chi connectivity index (χ1v) is 11.4. The maximum Gasteiger partial charge on any atom is -1.00 e. The van der Waals surface area contributed by atoms with Gasteiger partial charge in [0.2, 0.25) is 0 Å². The van der Waals surface area contributed by atoms with Gasteiger partial charge in [0.25, 0.3) is 0 Å². The minimum atomic E-state index is -0.287. The van der Waals surface area contributed by atoms with Crippen molar-refractivity contribution < 1.29 is 57.7 Å². The second-order valence-corrected chi connectivity index (χ2v) is 8.67. The minimum absolute atomic E-state index is 0. The molecule has 0 aromatic heterocycles. The third-order valence-corrected chi connectivity index (χ3v) is 6.79. The van der Waals surface area contributed by atoms with Crippen molar-refractivity contribution in [1.82, 2.24) is 0 Å². The molecule has 0 unspecified atom stereocenters. The van der Waals surface area contributed by atoms with Gasteiger partial charge in [-0.2, -0.15) is 0 Å². The van der Waals surface area contributed by atoms with Crippen LogP contribution in [0.3, 0.4) is 0 Å². The molecule has 0 N–H and O–H groups in total. The van der Waals surface area contributed by atoms with E-state index < -0.39 is 0 Å². The van der Waals surface area contributed by atoms with Gasteiger partial charge in [-0.3, -0.25) is 0 Å². The summed E-state index contributed by atoms with van der Waals surface area (Å²) in [6, 6.07) is 33.2. The first-order chi connectivity index (χ1) is 14.3. The van der Waals surface area contributed by atoms with Crippen LogP contribution in [-0.2, 0) is 25.9 Å². The number of allylic oxidation sites excluding steroid dienone is 4. The van der Waals surface area contributed by atoms with E-state index in [9.17, 15) is 0 Å². The van der Waals surface area contributed by atoms with Crippen molar-refractivity contribution in [1.29, 1.82) is 0 Å². The first kappa shape index (κ1) is 28.8. The number of hydrogen-bond acceptors (Lipinski definition) is 0. The van der Waals surface area contributed by atoms with Gasteiger partial charge >= 0.3 is 187 Å². The van der Waals surface area contributed by atoms with Crippen LogP contribution in [0.1, 0.15) is 49.3 Å². The van der Waals surface area contributed by atoms with Crippen LogP contribution in [-0.4, -0.2) is 0 Å². The summed E-state index contributed by atoms with van der Waals surface area (Å²) in [6.45, 7) is 2.28. The van der Waals surface area contributed by atoms with Crippen LogP contribution in [0.15, 0.2) is 112 Å². The molecule has 0 aliphatic heterocycles. The van der Waals surface area contributed by atoms with E-state index in [1.807, 2.05) is 0 Å². The van der Waals surface area contributed by atoms with E-state index in [1.165, 1.54) is 39.0 Å². The summed E-state index contributed by atoms with van der Waals surface area (Å²) < 4.78 is 1.53. The zero-order valence-electron chi connectivity index (χ0n) is 18.2. The standard InChI is InChI=1S/C28H27.3ClH.Ti/c1-2-3-14-23-15-13-22-27(23)28(24-16-7-4-8-17-24,25-18-9-5-10-19-25)26-20-11-6-12-21-26;;;;/h4-12,16-22H,2-3,13-14H2,1H3;3*1H;/q;;;;+3/p-3. The summed E-state index contributed by atoms with van der Waals surface area (Å²) in [5, 5.41) is 0. The summed E-state index contributed by atoms with van der Waals surface area (Å²) in [6.07, 6.45) is 7.16. The van der Waals surface area contributed by atoms with Gasteiger partial charge < -0.3 is 37.2 Å². The average molecular weight is 518 g/mol. The number of unbranched alkanes of at least 4 members (excludes halogenated alkanes) is 1. The molecule has 32 heavy (non-hydrogen) atoms. The molecule has 0 spiro atoms. The Labute approximate surface area is 223 Å². The number of hydrogen-bond donors (Lipinski definition) is 0. The summed E-state index contributed by atoms with van der Waals surface area (Å²) in [5.41, 5.74) is 6.77. The second kappa shape index (κ2) is 13.4. The fourth-order valence-corrected chi connectivity index (χ4v) is 5.23. The van der Waals surface area contributed by atoms with Crippen LogP contribution in [0, 0.1) is 0 Å². The van der Waals surface area contributed by atoms with Crippen molar-refractivity contribution in [3.63, 3.8) is 0 Å². The Kier molecular flexibility index (Phi) is 12.1. The Bertz CT molecular complexity index is 916. The molecular weight excluding hydrogens is 491 g/mol. The molecule has 0 atom stereocenters. The average Bonchev–Trinajstić information content (AvgIpc) is 3.16. The number of rotatable bonds is 7. The fourth-order valence-electron chi connectivity index (χ4n) is 4.66. The van der Waals surface area contributed by atoms with Gasteiger partial charge in [0.05, 0.1) is 0 Å². The van der Waals surface area contributed by atoms with Crippen LogP contribution in [0.25, 0.3) is 0 Å². The zero-order chi connectivity index (χ0) is 20.1. The van der Waals surface area contributed by atoms with Crippen molar-refractivity contribution in [3.05, 3.63) is 129 Å². The van der Waals surface area contributed by atoms with Crippen molar-refractivity contribution in [2.24, 2.45) is 0 Å². The van der Waals surface area contributed by atoms with E-state index in [2.05, 4.69) is 124 Å². The zero-order valence-corrected chi connectivity index (χ0v) is 22.0. The molecule has 0 saturated heterocycles. The largest absolute Gasteiger partial charge is 1.00 e. The topological polar surface area (TPSA) is 0 Å². The maximum atomic E-state index is 2.49. The monoisotopic (exact) mass is 516 g/mol. The van der Waals surface area contributed by atoms with Gasteiger partial charge in [0.1, 0.15) is 0 Å². The van der Waals surface area contributed by atoms with E-state index in [1.54, 1.807) is 5.57 Å². The first-order valence-electron chi connectivity index (χ1n) is 10.6. The van der Waals surface area contributed by atoms with Crippen LogP contribution in [0.2, 0.25) is 0 Å². The van der Waals surface area contributed by atoms with E-state index in [-0.39, 0.29) is 42.6 Å². The summed E-state index contributed by atoms with van der Waals surface area (Å²) in [7, 11) is 0. The fraction of sp³-hybridized carbons (Fsp3) is 0.214. The normalized spacial score (nSPS) is 12.9. The molecular formula is C28H27Cl3Ti. The van der Waals surface area contributed by atoms with Gasteiger partial charge in [-0.15, -0.1) is 0 Å². The number of benzene rings is 3. The van der Waals surface area contributed by atoms with Crippen LogP contribution < -0.4 is 37.2 Å². The van der Waals surface area contributed by atoms with Gasteiger partial charge in [-0.05, 0) is 0 Å². The third kappa shape index (κ3) is 5.44. The van der Waals surface area contributed by atoms with Gasteiger partial charge in [-0.25, -0.2) is 0 Å². The molecule has 0 saturated carbocycles. The summed E-state index contributed by atoms with van der Waals surface area (Å²) in [5.74, 6) is 0. The number of halogens is 3. The van der Waals surface area contributed by atoms with Crippen molar-refractivity contribution >= 4 is 0 Å². The van der Waals surface area contributed by atoms with Gasteiger partial charge in [0, 0.05) is 0 Å². The molecule has 0 radical (unpaired) electrons. The quantitative estimate of drug-likeness (QED) is 0.261. The van der Waals surface area contributed by atoms with Crippen LogP contribution in [0.4, 0.5) is 0 Å². The molecule has 4 heteroatoms.